The van der Waals surface area contributed by atoms with Crippen LogP contribution in [0.3, 0.4) is 0 Å². The topological polar surface area (TPSA) is 82.1 Å². The number of hydrogen-bond acceptors (Lipinski definition) is 5. The lowest BCUT2D eigenvalue weighted by molar-refractivity contribution is 0.0425. The van der Waals surface area contributed by atoms with Gasteiger partial charge in [0.2, 0.25) is 0 Å². The van der Waals surface area contributed by atoms with Crippen molar-refractivity contribution in [1.82, 2.24) is 0 Å². The SMILES string of the molecule is C=COCCCl.C=COCCOC(=O)c1c2ccccc2cc2ccccc12.O=C(O)c1c2ccccc2cc2ccccc12.[2H][2H]. The van der Waals surface area contributed by atoms with Gasteiger partial charge in [-0.2, -0.15) is 0 Å². The number of ether oxygens (including phenoxy) is 3. The Balaban J connectivity index is 0.000000213. The van der Waals surface area contributed by atoms with Crippen molar-refractivity contribution < 1.29 is 31.9 Å². The molecule has 0 bridgehead atoms. The van der Waals surface area contributed by atoms with Gasteiger partial charge in [-0.05, 0) is 55.2 Å². The van der Waals surface area contributed by atoms with Gasteiger partial charge in [-0.1, -0.05) is 110 Å². The predicted octanol–water partition coefficient (Wildman–Crippen LogP) is 9.63. The monoisotopic (exact) mass is 624 g/mol. The number of hydrogen-bond donors (Lipinski definition) is 1. The van der Waals surface area contributed by atoms with E-state index in [4.69, 9.17) is 24.0 Å². The number of halogens is 1. The lowest BCUT2D eigenvalue weighted by atomic mass is 9.97. The molecular weight excluding hydrogens is 588 g/mol. The number of benzene rings is 6. The Morgan fingerprint density at radius 3 is 1.38 bits per heavy atom. The molecule has 45 heavy (non-hydrogen) atoms. The molecule has 230 valence electrons. The zero-order chi connectivity index (χ0) is 34.0. The summed E-state index contributed by atoms with van der Waals surface area (Å²) in [5.41, 5.74) is 0.992. The molecule has 6 nitrogen and oxygen atoms in total. The molecule has 0 aliphatic rings. The fourth-order valence-corrected chi connectivity index (χ4v) is 5.03. The first kappa shape index (κ1) is 31.1. The molecule has 0 aliphatic heterocycles. The third-order valence-electron chi connectivity index (χ3n) is 6.83. The number of aromatic carboxylic acids is 1. The van der Waals surface area contributed by atoms with Gasteiger partial charge >= 0.3 is 11.9 Å². The van der Waals surface area contributed by atoms with Gasteiger partial charge < -0.3 is 19.3 Å². The van der Waals surface area contributed by atoms with Crippen molar-refractivity contribution in [1.29, 1.82) is 0 Å². The van der Waals surface area contributed by atoms with Crippen LogP contribution in [-0.4, -0.2) is 42.7 Å². The summed E-state index contributed by atoms with van der Waals surface area (Å²) >= 11 is 5.21. The lowest BCUT2D eigenvalue weighted by Crippen LogP contribution is -2.10. The van der Waals surface area contributed by atoms with Crippen molar-refractivity contribution in [3.05, 3.63) is 146 Å². The van der Waals surface area contributed by atoms with Crippen LogP contribution in [0.15, 0.2) is 135 Å². The molecule has 0 aliphatic carbocycles. The van der Waals surface area contributed by atoms with Gasteiger partial charge in [0.05, 0.1) is 29.5 Å². The van der Waals surface area contributed by atoms with E-state index in [0.29, 0.717) is 30.2 Å². The Kier molecular flexibility index (Phi) is 11.4. The van der Waals surface area contributed by atoms with Gasteiger partial charge in [0.15, 0.2) is 0 Å². The van der Waals surface area contributed by atoms with Crippen molar-refractivity contribution in [3.63, 3.8) is 0 Å². The van der Waals surface area contributed by atoms with Crippen molar-refractivity contribution in [2.45, 2.75) is 0 Å². The molecule has 0 heterocycles. The van der Waals surface area contributed by atoms with E-state index in [9.17, 15) is 14.7 Å². The Bertz CT molecular complexity index is 1850. The van der Waals surface area contributed by atoms with Crippen LogP contribution in [0.5, 0.6) is 0 Å². The van der Waals surface area contributed by atoms with Crippen LogP contribution in [0.1, 0.15) is 23.7 Å². The van der Waals surface area contributed by atoms with Crippen LogP contribution in [0.25, 0.3) is 43.1 Å². The van der Waals surface area contributed by atoms with Crippen molar-refractivity contribution in [2.75, 3.05) is 25.7 Å². The van der Waals surface area contributed by atoms with E-state index in [1.54, 1.807) is 0 Å². The summed E-state index contributed by atoms with van der Waals surface area (Å²) in [7, 11) is 0. The molecule has 0 saturated carbocycles. The van der Waals surface area contributed by atoms with E-state index < -0.39 is 5.97 Å². The lowest BCUT2D eigenvalue weighted by Gasteiger charge is -2.11. The number of alkyl halides is 1. The minimum Gasteiger partial charge on any atom is -0.501 e. The van der Waals surface area contributed by atoms with Gasteiger partial charge in [0.1, 0.15) is 19.8 Å². The van der Waals surface area contributed by atoms with Gasteiger partial charge in [-0.25, -0.2) is 9.59 Å². The summed E-state index contributed by atoms with van der Waals surface area (Å²) < 4.78 is 24.9. The fourth-order valence-electron chi connectivity index (χ4n) is 4.94. The molecule has 0 saturated heterocycles. The molecule has 1 N–H and O–H groups in total. The summed E-state index contributed by atoms with van der Waals surface area (Å²) in [4.78, 5) is 24.0. The maximum Gasteiger partial charge on any atom is 0.339 e. The first-order valence-electron chi connectivity index (χ1n) is 15.2. The van der Waals surface area contributed by atoms with Gasteiger partial charge in [-0.15, -0.1) is 11.6 Å². The fraction of sp³-hybridized carbons (Fsp3) is 0.105. The summed E-state index contributed by atoms with van der Waals surface area (Å²) in [6.07, 6.45) is 2.71. The van der Waals surface area contributed by atoms with Crippen LogP contribution >= 0.6 is 11.6 Å². The number of esters is 1. The molecule has 0 unspecified atom stereocenters. The van der Waals surface area contributed by atoms with E-state index in [1.165, 1.54) is 12.5 Å². The van der Waals surface area contributed by atoms with E-state index in [2.05, 4.69) is 24.0 Å². The molecular formula is C38H35ClO6. The first-order chi connectivity index (χ1) is 23.0. The standard InChI is InChI=1S/C19H16O3.C15H10O2.C4H7ClO.H2/c1-2-21-11-12-22-19(20)18-16-9-5-3-7-14(16)13-15-8-4-6-10-17(15)18;16-15(17)14-12-7-3-1-5-10(12)9-11-6-2-4-8-13(11)14;1-2-6-4-3-5;/h2-10,13H,1,11-12H2;1-9H,(H,16,17);2H,1,3-4H2;1H/i;;;1+1D. The van der Waals surface area contributed by atoms with E-state index in [1.807, 2.05) is 103 Å². The second-order valence-corrected chi connectivity index (χ2v) is 9.97. The second kappa shape index (κ2) is 16.5. The summed E-state index contributed by atoms with van der Waals surface area (Å²) in [5.74, 6) is -0.676. The maximum atomic E-state index is 12.5. The van der Waals surface area contributed by atoms with E-state index in [-0.39, 0.29) is 12.6 Å². The molecule has 0 fully saturated rings. The second-order valence-electron chi connectivity index (χ2n) is 9.59. The highest BCUT2D eigenvalue weighted by Crippen LogP contribution is 2.30. The maximum absolute atomic E-state index is 12.5. The quantitative estimate of drug-likeness (QED) is 0.0567. The Morgan fingerprint density at radius 1 is 0.644 bits per heavy atom. The largest absolute Gasteiger partial charge is 0.501 e. The number of carbonyl (C=O) groups excluding carboxylic acids is 1. The van der Waals surface area contributed by atoms with Crippen LogP contribution in [0, 0.1) is 0 Å². The highest BCUT2D eigenvalue weighted by atomic mass is 35.5. The van der Waals surface area contributed by atoms with Crippen LogP contribution < -0.4 is 0 Å². The first-order valence-corrected chi connectivity index (χ1v) is 14.8. The highest BCUT2D eigenvalue weighted by Gasteiger charge is 2.16. The molecule has 0 atom stereocenters. The average molecular weight is 625 g/mol. The Morgan fingerprint density at radius 2 is 1.02 bits per heavy atom. The minimum atomic E-state index is -0.877. The molecule has 0 spiro atoms. The number of fused-ring (bicyclic) bond motifs is 4. The number of rotatable bonds is 9. The van der Waals surface area contributed by atoms with Gasteiger partial charge in [-0.3, -0.25) is 0 Å². The summed E-state index contributed by atoms with van der Waals surface area (Å²) in [6.45, 7) is 7.83. The minimum absolute atomic E-state index is 0.197. The zero-order valence-corrected chi connectivity index (χ0v) is 25.4. The normalized spacial score (nSPS) is 10.4. The van der Waals surface area contributed by atoms with Crippen LogP contribution in [-0.2, 0) is 14.2 Å². The molecule has 0 amide bonds. The smallest absolute Gasteiger partial charge is 0.339 e. The molecule has 6 aromatic carbocycles. The average Bonchev–Trinajstić information content (AvgIpc) is 3.11. The van der Waals surface area contributed by atoms with E-state index in [0.717, 1.165) is 43.1 Å². The van der Waals surface area contributed by atoms with Crippen LogP contribution in [0.4, 0.5) is 0 Å². The van der Waals surface area contributed by atoms with E-state index >= 15 is 0 Å². The molecule has 0 aromatic heterocycles. The zero-order valence-electron chi connectivity index (χ0n) is 26.7. The highest BCUT2D eigenvalue weighted by molar-refractivity contribution is 6.18. The van der Waals surface area contributed by atoms with Crippen LogP contribution in [0.2, 0.25) is 0 Å². The Labute approximate surface area is 269 Å². The summed E-state index contributed by atoms with van der Waals surface area (Å²) in [5, 5.41) is 16.7. The molecule has 0 radical (unpaired) electrons. The number of carboxylic acids is 1. The molecule has 6 rings (SSSR count). The molecule has 6 aromatic rings. The molecule has 7 heteroatoms. The third kappa shape index (κ3) is 8.19. The Hall–Kier alpha value is -5.33. The summed E-state index contributed by atoms with van der Waals surface area (Å²) in [6, 6.07) is 34.9. The van der Waals surface area contributed by atoms with Crippen molar-refractivity contribution >= 4 is 66.6 Å². The van der Waals surface area contributed by atoms with Crippen molar-refractivity contribution in [2.24, 2.45) is 0 Å². The number of carboxylic acid groups (broad SMARTS) is 1. The predicted molar refractivity (Wildman–Crippen MR) is 185 cm³/mol. The van der Waals surface area contributed by atoms with Crippen molar-refractivity contribution in [3.8, 4) is 0 Å². The van der Waals surface area contributed by atoms with Gasteiger partial charge in [0.25, 0.3) is 0 Å². The number of carbonyl (C=O) groups is 2. The third-order valence-corrected chi connectivity index (χ3v) is 6.98. The van der Waals surface area contributed by atoms with Gasteiger partial charge in [0, 0.05) is 2.97 Å².